The van der Waals surface area contributed by atoms with Crippen molar-refractivity contribution >= 4 is 35.3 Å². The lowest BCUT2D eigenvalue weighted by Gasteiger charge is -1.99. The molecular weight excluding hydrogens is 351 g/mol. The van der Waals surface area contributed by atoms with Crippen LogP contribution in [0.25, 0.3) is 0 Å². The van der Waals surface area contributed by atoms with Crippen LogP contribution in [0, 0.1) is 0 Å². The van der Waals surface area contributed by atoms with Crippen LogP contribution in [-0.4, -0.2) is 21.9 Å². The summed E-state index contributed by atoms with van der Waals surface area (Å²) in [6.45, 7) is 0.451. The number of hydrazone groups is 1. The summed E-state index contributed by atoms with van der Waals surface area (Å²) in [6, 6.07) is 10.2. The Bertz CT molecular complexity index is 872. The number of hydrogen-bond donors (Lipinski definition) is 1. The molecule has 3 aromatic rings. The SMILES string of the molecule is O=C(N/N=C\c1ccc(Cl)c(Cl)c1)c1ccc(Cn2cccn2)o1. The second-order valence-corrected chi connectivity index (χ2v) is 5.66. The first-order valence-corrected chi connectivity index (χ1v) is 7.72. The van der Waals surface area contributed by atoms with E-state index in [4.69, 9.17) is 27.6 Å². The van der Waals surface area contributed by atoms with Gasteiger partial charge in [0.15, 0.2) is 5.76 Å². The molecule has 0 aliphatic heterocycles. The van der Waals surface area contributed by atoms with Crippen molar-refractivity contribution in [3.05, 3.63) is 75.9 Å². The van der Waals surface area contributed by atoms with Gasteiger partial charge in [-0.1, -0.05) is 29.3 Å². The smallest absolute Gasteiger partial charge is 0.307 e. The van der Waals surface area contributed by atoms with E-state index in [1.165, 1.54) is 6.21 Å². The molecule has 0 bridgehead atoms. The third-order valence-electron chi connectivity index (χ3n) is 3.09. The predicted octanol–water partition coefficient (Wildman–Crippen LogP) is 3.60. The van der Waals surface area contributed by atoms with Crippen LogP contribution in [0.15, 0.2) is 58.3 Å². The summed E-state index contributed by atoms with van der Waals surface area (Å²) >= 11 is 11.7. The number of amides is 1. The number of carbonyl (C=O) groups excluding carboxylic acids is 1. The van der Waals surface area contributed by atoms with Crippen LogP contribution in [0.1, 0.15) is 21.9 Å². The van der Waals surface area contributed by atoms with Crippen LogP contribution in [0.4, 0.5) is 0 Å². The predicted molar refractivity (Wildman–Crippen MR) is 91.6 cm³/mol. The molecule has 122 valence electrons. The number of rotatable bonds is 5. The molecular formula is C16H12Cl2N4O2. The highest BCUT2D eigenvalue weighted by Gasteiger charge is 2.10. The number of furan rings is 1. The van der Waals surface area contributed by atoms with Gasteiger partial charge in [0, 0.05) is 12.4 Å². The van der Waals surface area contributed by atoms with Gasteiger partial charge < -0.3 is 4.42 Å². The first kappa shape index (κ1) is 16.3. The number of nitrogens with zero attached hydrogens (tertiary/aromatic N) is 3. The highest BCUT2D eigenvalue weighted by atomic mass is 35.5. The van der Waals surface area contributed by atoms with Gasteiger partial charge in [0.2, 0.25) is 0 Å². The first-order chi connectivity index (χ1) is 11.6. The van der Waals surface area contributed by atoms with Gasteiger partial charge in [-0.2, -0.15) is 10.2 Å². The zero-order chi connectivity index (χ0) is 16.9. The van der Waals surface area contributed by atoms with E-state index in [1.807, 2.05) is 12.3 Å². The lowest BCUT2D eigenvalue weighted by Crippen LogP contribution is -2.16. The molecule has 0 spiro atoms. The van der Waals surface area contributed by atoms with E-state index < -0.39 is 5.91 Å². The number of carbonyl (C=O) groups is 1. The molecule has 0 fully saturated rings. The van der Waals surface area contributed by atoms with E-state index in [0.717, 1.165) is 0 Å². The molecule has 1 aromatic carbocycles. The number of nitrogens with one attached hydrogen (secondary N) is 1. The molecule has 0 saturated heterocycles. The van der Waals surface area contributed by atoms with Crippen LogP contribution in [0.5, 0.6) is 0 Å². The van der Waals surface area contributed by atoms with Gasteiger partial charge in [-0.25, -0.2) is 5.43 Å². The second-order valence-electron chi connectivity index (χ2n) is 4.84. The molecule has 1 amide bonds. The van der Waals surface area contributed by atoms with Crippen LogP contribution in [-0.2, 0) is 6.54 Å². The first-order valence-electron chi connectivity index (χ1n) is 6.96. The summed E-state index contributed by atoms with van der Waals surface area (Å²) in [5.41, 5.74) is 3.10. The lowest BCUT2D eigenvalue weighted by atomic mass is 10.2. The van der Waals surface area contributed by atoms with Gasteiger partial charge in [-0.15, -0.1) is 0 Å². The average molecular weight is 363 g/mol. The van der Waals surface area contributed by atoms with Crippen molar-refractivity contribution in [1.29, 1.82) is 0 Å². The molecule has 0 atom stereocenters. The number of halogens is 2. The number of aromatic nitrogens is 2. The van der Waals surface area contributed by atoms with Crippen LogP contribution in [0.3, 0.4) is 0 Å². The van der Waals surface area contributed by atoms with Crippen molar-refractivity contribution < 1.29 is 9.21 Å². The Hall–Kier alpha value is -2.57. The summed E-state index contributed by atoms with van der Waals surface area (Å²) in [7, 11) is 0. The molecule has 3 rings (SSSR count). The summed E-state index contributed by atoms with van der Waals surface area (Å²) in [6.07, 6.45) is 4.95. The molecule has 0 saturated carbocycles. The monoisotopic (exact) mass is 362 g/mol. The van der Waals surface area contributed by atoms with E-state index >= 15 is 0 Å². The molecule has 0 aliphatic carbocycles. The Morgan fingerprint density at radius 2 is 2.17 bits per heavy atom. The molecule has 0 aliphatic rings. The Kier molecular flexibility index (Phi) is 4.98. The van der Waals surface area contributed by atoms with E-state index in [9.17, 15) is 4.79 Å². The van der Waals surface area contributed by atoms with Gasteiger partial charge in [-0.05, 0) is 35.9 Å². The van der Waals surface area contributed by atoms with E-state index in [0.29, 0.717) is 27.9 Å². The van der Waals surface area contributed by atoms with Crippen molar-refractivity contribution in [2.45, 2.75) is 6.54 Å². The zero-order valence-electron chi connectivity index (χ0n) is 12.3. The zero-order valence-corrected chi connectivity index (χ0v) is 13.8. The van der Waals surface area contributed by atoms with Crippen LogP contribution >= 0.6 is 23.2 Å². The quantitative estimate of drug-likeness (QED) is 0.556. The fourth-order valence-corrected chi connectivity index (χ4v) is 2.26. The van der Waals surface area contributed by atoms with E-state index in [2.05, 4.69) is 15.6 Å². The van der Waals surface area contributed by atoms with Crippen molar-refractivity contribution in [3.63, 3.8) is 0 Å². The van der Waals surface area contributed by atoms with Crippen molar-refractivity contribution in [2.24, 2.45) is 5.10 Å². The topological polar surface area (TPSA) is 72.4 Å². The van der Waals surface area contributed by atoms with Crippen molar-refractivity contribution in [1.82, 2.24) is 15.2 Å². The maximum Gasteiger partial charge on any atom is 0.307 e. The maximum absolute atomic E-state index is 12.0. The molecule has 0 radical (unpaired) electrons. The molecule has 2 heterocycles. The highest BCUT2D eigenvalue weighted by molar-refractivity contribution is 6.42. The minimum Gasteiger partial charge on any atom is -0.454 e. The van der Waals surface area contributed by atoms with Gasteiger partial charge >= 0.3 is 5.91 Å². The van der Waals surface area contributed by atoms with Crippen molar-refractivity contribution in [3.8, 4) is 0 Å². The van der Waals surface area contributed by atoms with Gasteiger partial charge in [0.1, 0.15) is 5.76 Å². The molecule has 6 nitrogen and oxygen atoms in total. The average Bonchev–Trinajstić information content (AvgIpc) is 3.23. The summed E-state index contributed by atoms with van der Waals surface area (Å²) in [5, 5.41) is 8.82. The number of benzene rings is 1. The van der Waals surface area contributed by atoms with Gasteiger partial charge in [0.05, 0.1) is 22.8 Å². The Morgan fingerprint density at radius 3 is 2.92 bits per heavy atom. The fraction of sp³-hybridized carbons (Fsp3) is 0.0625. The highest BCUT2D eigenvalue weighted by Crippen LogP contribution is 2.21. The van der Waals surface area contributed by atoms with Crippen molar-refractivity contribution in [2.75, 3.05) is 0 Å². The molecule has 0 unspecified atom stereocenters. The summed E-state index contributed by atoms with van der Waals surface area (Å²) < 4.78 is 7.17. The lowest BCUT2D eigenvalue weighted by molar-refractivity contribution is 0.0925. The molecule has 8 heteroatoms. The third kappa shape index (κ3) is 4.04. The standard InChI is InChI=1S/C16H12Cl2N4O2/c17-13-4-2-11(8-14(13)18)9-19-21-16(23)15-5-3-12(24-15)10-22-7-1-6-20-22/h1-9H,10H2,(H,21,23)/b19-9-. The van der Waals surface area contributed by atoms with E-state index in [1.54, 1.807) is 41.2 Å². The van der Waals surface area contributed by atoms with Crippen LogP contribution < -0.4 is 5.43 Å². The Balaban J connectivity index is 1.59. The maximum atomic E-state index is 12.0. The number of hydrogen-bond acceptors (Lipinski definition) is 4. The minimum absolute atomic E-state index is 0.170. The normalized spacial score (nSPS) is 11.1. The Morgan fingerprint density at radius 1 is 1.29 bits per heavy atom. The van der Waals surface area contributed by atoms with Crippen LogP contribution in [0.2, 0.25) is 10.0 Å². The summed E-state index contributed by atoms with van der Waals surface area (Å²) in [5.74, 6) is 0.346. The van der Waals surface area contributed by atoms with E-state index in [-0.39, 0.29) is 5.76 Å². The summed E-state index contributed by atoms with van der Waals surface area (Å²) in [4.78, 5) is 12.0. The minimum atomic E-state index is -0.446. The van der Waals surface area contributed by atoms with Gasteiger partial charge in [0.25, 0.3) is 0 Å². The molecule has 24 heavy (non-hydrogen) atoms. The van der Waals surface area contributed by atoms with Gasteiger partial charge in [-0.3, -0.25) is 9.48 Å². The molecule has 2 aromatic heterocycles. The second kappa shape index (κ2) is 7.33. The largest absolute Gasteiger partial charge is 0.454 e. The molecule has 1 N–H and O–H groups in total. The fourth-order valence-electron chi connectivity index (χ4n) is 1.95. The Labute approximate surface area is 147 Å². The third-order valence-corrected chi connectivity index (χ3v) is 3.82.